The van der Waals surface area contributed by atoms with Gasteiger partial charge in [0.1, 0.15) is 5.82 Å². The second-order valence-corrected chi connectivity index (χ2v) is 6.77. The molecule has 2 saturated heterocycles. The predicted molar refractivity (Wildman–Crippen MR) is 87.8 cm³/mol. The molecule has 1 amide bonds. The van der Waals surface area contributed by atoms with Crippen molar-refractivity contribution in [2.75, 3.05) is 24.6 Å². The average molecular weight is 340 g/mol. The average Bonchev–Trinajstić information content (AvgIpc) is 3.56. The first kappa shape index (κ1) is 14.9. The molecule has 3 heterocycles. The van der Waals surface area contributed by atoms with Crippen LogP contribution in [0.25, 0.3) is 0 Å². The van der Waals surface area contributed by atoms with Crippen molar-refractivity contribution >= 4 is 17.9 Å². The Morgan fingerprint density at radius 2 is 2.20 bits per heavy atom. The molecule has 5 rings (SSSR count). The molecule has 2 atom stereocenters. The molecule has 2 aromatic rings. The maximum atomic E-state index is 14.7. The Morgan fingerprint density at radius 1 is 1.32 bits per heavy atom. The Hall–Kier alpha value is -2.38. The van der Waals surface area contributed by atoms with E-state index in [1.54, 1.807) is 12.3 Å². The number of amides is 1. The van der Waals surface area contributed by atoms with Crippen molar-refractivity contribution in [1.29, 1.82) is 0 Å². The van der Waals surface area contributed by atoms with Crippen LogP contribution >= 0.6 is 0 Å². The molecule has 3 fully saturated rings. The molecule has 1 aromatic heterocycles. The molecule has 3 aliphatic rings. The monoisotopic (exact) mass is 340 g/mol. The van der Waals surface area contributed by atoms with Crippen LogP contribution in [0.3, 0.4) is 0 Å². The van der Waals surface area contributed by atoms with Crippen molar-refractivity contribution in [2.45, 2.75) is 24.5 Å². The van der Waals surface area contributed by atoms with E-state index in [2.05, 4.69) is 14.9 Å². The maximum Gasteiger partial charge on any atom is 0.220 e. The van der Waals surface area contributed by atoms with Gasteiger partial charge >= 0.3 is 0 Å². The molecule has 25 heavy (non-hydrogen) atoms. The van der Waals surface area contributed by atoms with Gasteiger partial charge in [-0.15, -0.1) is 0 Å². The van der Waals surface area contributed by atoms with Crippen LogP contribution in [-0.4, -0.2) is 41.0 Å². The fourth-order valence-electron chi connectivity index (χ4n) is 3.53. The van der Waals surface area contributed by atoms with Crippen LogP contribution in [0.1, 0.15) is 30.0 Å². The Balaban J connectivity index is 1.45. The number of benzene rings is 1. The van der Waals surface area contributed by atoms with Crippen LogP contribution < -0.4 is 4.90 Å². The van der Waals surface area contributed by atoms with Gasteiger partial charge in [-0.05, 0) is 25.0 Å². The highest BCUT2D eigenvalue weighted by Gasteiger charge is 2.58. The van der Waals surface area contributed by atoms with Crippen molar-refractivity contribution in [2.24, 2.45) is 0 Å². The molecule has 2 aliphatic heterocycles. The van der Waals surface area contributed by atoms with Gasteiger partial charge in [0.05, 0.1) is 30.4 Å². The highest BCUT2D eigenvalue weighted by atomic mass is 19.1. The summed E-state index contributed by atoms with van der Waals surface area (Å²) in [6.07, 6.45) is 6.01. The third kappa shape index (κ3) is 2.34. The normalized spacial score (nSPS) is 27.0. The van der Waals surface area contributed by atoms with Gasteiger partial charge in [0.15, 0.2) is 11.5 Å². The summed E-state index contributed by atoms with van der Waals surface area (Å²) in [5.41, 5.74) is 1.41. The van der Waals surface area contributed by atoms with Crippen molar-refractivity contribution in [3.63, 3.8) is 0 Å². The van der Waals surface area contributed by atoms with Crippen molar-refractivity contribution in [3.8, 4) is 0 Å². The van der Waals surface area contributed by atoms with Crippen LogP contribution in [-0.2, 0) is 15.3 Å². The third-order valence-electron chi connectivity index (χ3n) is 5.18. The third-order valence-corrected chi connectivity index (χ3v) is 5.18. The van der Waals surface area contributed by atoms with E-state index >= 15 is 0 Å². The van der Waals surface area contributed by atoms with E-state index in [1.165, 1.54) is 17.2 Å². The number of aromatic nitrogens is 2. The molecule has 1 aromatic carbocycles. The molecule has 0 bridgehead atoms. The second-order valence-electron chi connectivity index (χ2n) is 6.77. The van der Waals surface area contributed by atoms with Crippen LogP contribution in [0.15, 0.2) is 30.6 Å². The van der Waals surface area contributed by atoms with Crippen LogP contribution in [0.4, 0.5) is 15.9 Å². The number of anilines is 2. The van der Waals surface area contributed by atoms with E-state index in [0.29, 0.717) is 24.8 Å². The summed E-state index contributed by atoms with van der Waals surface area (Å²) in [6.45, 7) is 2.32. The van der Waals surface area contributed by atoms with Gasteiger partial charge in [-0.3, -0.25) is 19.6 Å². The van der Waals surface area contributed by atoms with Crippen LogP contribution in [0, 0.1) is 5.82 Å². The van der Waals surface area contributed by atoms with Crippen LogP contribution in [0.5, 0.6) is 0 Å². The molecular formula is C18H17FN4O2. The lowest BCUT2D eigenvalue weighted by Crippen LogP contribution is -2.19. The van der Waals surface area contributed by atoms with E-state index in [4.69, 9.17) is 4.74 Å². The molecule has 0 N–H and O–H groups in total. The minimum atomic E-state index is -0.477. The molecular weight excluding hydrogens is 323 g/mol. The molecule has 7 heteroatoms. The van der Waals surface area contributed by atoms with Gasteiger partial charge in [-0.2, -0.15) is 0 Å². The molecule has 0 radical (unpaired) electrons. The number of carbonyl (C=O) groups is 1. The van der Waals surface area contributed by atoms with E-state index in [0.717, 1.165) is 37.2 Å². The minimum Gasteiger partial charge on any atom is -0.353 e. The van der Waals surface area contributed by atoms with Crippen molar-refractivity contribution in [3.05, 3.63) is 47.7 Å². The number of halogens is 1. The van der Waals surface area contributed by atoms with Crippen molar-refractivity contribution < 1.29 is 13.9 Å². The Bertz CT molecular complexity index is 839. The molecule has 128 valence electrons. The Labute approximate surface area is 144 Å². The number of hydrogen-bond donors (Lipinski definition) is 0. The fourth-order valence-corrected chi connectivity index (χ4v) is 3.53. The maximum absolute atomic E-state index is 14.7. The lowest BCUT2D eigenvalue weighted by molar-refractivity contribution is -0.106. The van der Waals surface area contributed by atoms with Gasteiger partial charge < -0.3 is 4.74 Å². The quantitative estimate of drug-likeness (QED) is 0.617. The first-order valence-corrected chi connectivity index (χ1v) is 8.47. The van der Waals surface area contributed by atoms with E-state index in [1.807, 2.05) is 6.07 Å². The van der Waals surface area contributed by atoms with Gasteiger partial charge in [0.25, 0.3) is 0 Å². The van der Waals surface area contributed by atoms with E-state index < -0.39 is 11.5 Å². The summed E-state index contributed by atoms with van der Waals surface area (Å²) < 4.78 is 20.5. The molecule has 1 saturated carbocycles. The van der Waals surface area contributed by atoms with Crippen LogP contribution in [0.2, 0.25) is 0 Å². The zero-order valence-corrected chi connectivity index (χ0v) is 13.6. The summed E-state index contributed by atoms with van der Waals surface area (Å²) >= 11 is 0. The molecule has 1 aliphatic carbocycles. The molecule has 6 nitrogen and oxygen atoms in total. The van der Waals surface area contributed by atoms with Gasteiger partial charge in [-0.1, -0.05) is 6.07 Å². The van der Waals surface area contributed by atoms with Gasteiger partial charge in [0.2, 0.25) is 6.41 Å². The number of rotatable bonds is 5. The fraction of sp³-hybridized carbons (Fsp3) is 0.389. The number of nitrogens with zero attached hydrogens (tertiary/aromatic N) is 4. The lowest BCUT2D eigenvalue weighted by atomic mass is 10.1. The Kier molecular flexibility index (Phi) is 3.17. The Morgan fingerprint density at radius 3 is 2.76 bits per heavy atom. The SMILES string of the molecule is O=CN(c1cnc(C2CC2)cn1)c1ccc(C23CN2CCO3)cc1F. The summed E-state index contributed by atoms with van der Waals surface area (Å²) in [5, 5.41) is 0. The number of hydrogen-bond acceptors (Lipinski definition) is 5. The zero-order valence-electron chi connectivity index (χ0n) is 13.6. The summed E-state index contributed by atoms with van der Waals surface area (Å²) in [7, 11) is 0. The summed E-state index contributed by atoms with van der Waals surface area (Å²) in [6, 6.07) is 4.86. The predicted octanol–water partition coefficient (Wildman–Crippen LogP) is 2.29. The highest BCUT2D eigenvalue weighted by molar-refractivity contribution is 5.84. The summed E-state index contributed by atoms with van der Waals surface area (Å²) in [4.78, 5) is 23.5. The lowest BCUT2D eigenvalue weighted by Gasteiger charge is -2.19. The van der Waals surface area contributed by atoms with Gasteiger partial charge in [0, 0.05) is 24.6 Å². The smallest absolute Gasteiger partial charge is 0.220 e. The van der Waals surface area contributed by atoms with E-state index in [9.17, 15) is 9.18 Å². The standard InChI is InChI=1S/C18H17FN4O2/c19-14-7-13(18-10-22(18)5-6-25-18)3-4-16(14)23(11-24)17-9-20-15(8-21-17)12-1-2-12/h3-4,7-9,11-12H,1-2,5-6,10H2. The first-order valence-electron chi connectivity index (χ1n) is 8.47. The summed E-state index contributed by atoms with van der Waals surface area (Å²) in [5.74, 6) is 0.318. The van der Waals surface area contributed by atoms with E-state index in [-0.39, 0.29) is 5.69 Å². The number of carbonyl (C=O) groups excluding carboxylic acids is 1. The van der Waals surface area contributed by atoms with Gasteiger partial charge in [-0.25, -0.2) is 9.37 Å². The zero-order chi connectivity index (χ0) is 17.0. The largest absolute Gasteiger partial charge is 0.353 e. The number of fused-ring (bicyclic) bond motifs is 1. The first-order chi connectivity index (χ1) is 12.2. The molecule has 0 spiro atoms. The number of morpholine rings is 1. The minimum absolute atomic E-state index is 0.161. The topological polar surface area (TPSA) is 58.3 Å². The van der Waals surface area contributed by atoms with Crippen molar-refractivity contribution in [1.82, 2.24) is 14.9 Å². The second kappa shape index (κ2) is 5.31. The highest BCUT2D eigenvalue weighted by Crippen LogP contribution is 2.48. The number of ether oxygens (including phenoxy) is 1. The molecule has 2 unspecified atom stereocenters.